The molecule has 8 nitrogen and oxygen atoms in total. The van der Waals surface area contributed by atoms with Crippen LogP contribution in [-0.2, 0) is 4.74 Å². The van der Waals surface area contributed by atoms with Crippen LogP contribution in [0.5, 0.6) is 0 Å². The van der Waals surface area contributed by atoms with Gasteiger partial charge in [0.2, 0.25) is 0 Å². The van der Waals surface area contributed by atoms with Gasteiger partial charge in [0, 0.05) is 32.0 Å². The first-order valence-corrected chi connectivity index (χ1v) is 7.96. The highest BCUT2D eigenvalue weighted by Crippen LogP contribution is 2.27. The predicted octanol–water partition coefficient (Wildman–Crippen LogP) is 0.305. The third-order valence-electron chi connectivity index (χ3n) is 4.45. The van der Waals surface area contributed by atoms with Gasteiger partial charge >= 0.3 is 0 Å². The number of hydrogen-bond donors (Lipinski definition) is 0. The van der Waals surface area contributed by atoms with Crippen molar-refractivity contribution in [2.45, 2.75) is 19.1 Å². The first-order chi connectivity index (χ1) is 11.7. The smallest absolute Gasteiger partial charge is 0.274 e. The van der Waals surface area contributed by atoms with E-state index in [1.165, 1.54) is 12.4 Å². The second-order valence-electron chi connectivity index (χ2n) is 6.00. The molecule has 0 bridgehead atoms. The third-order valence-corrected chi connectivity index (χ3v) is 4.45. The number of aromatic nitrogens is 4. The van der Waals surface area contributed by atoms with Gasteiger partial charge in [0.15, 0.2) is 5.82 Å². The van der Waals surface area contributed by atoms with Gasteiger partial charge in [-0.2, -0.15) is 5.10 Å². The highest BCUT2D eigenvalue weighted by molar-refractivity contribution is 5.92. The number of amides is 1. The lowest BCUT2D eigenvalue weighted by molar-refractivity contribution is 0.0298. The number of fused-ring (bicyclic) bond motifs is 1. The largest absolute Gasteiger partial charge is 0.372 e. The molecule has 0 unspecified atom stereocenters. The first kappa shape index (κ1) is 14.9. The topological polar surface area (TPSA) is 84.3 Å². The first-order valence-electron chi connectivity index (χ1n) is 7.96. The Morgan fingerprint density at radius 1 is 1.25 bits per heavy atom. The van der Waals surface area contributed by atoms with E-state index in [2.05, 4.69) is 25.1 Å². The summed E-state index contributed by atoms with van der Waals surface area (Å²) in [5.74, 6) is 0.712. The fraction of sp³-hybridized carbons (Fsp3) is 0.438. The molecule has 2 aliphatic heterocycles. The summed E-state index contributed by atoms with van der Waals surface area (Å²) in [6.45, 7) is 4.40. The molecule has 0 aromatic carbocycles. The molecule has 1 amide bonds. The lowest BCUT2D eigenvalue weighted by atomic mass is 10.1. The molecule has 0 N–H and O–H groups in total. The van der Waals surface area contributed by atoms with E-state index in [-0.39, 0.29) is 18.1 Å². The molecule has 0 spiro atoms. The van der Waals surface area contributed by atoms with Gasteiger partial charge in [-0.05, 0) is 19.1 Å². The number of anilines is 1. The number of hydrogen-bond acceptors (Lipinski definition) is 7. The molecule has 2 aliphatic rings. The molecule has 2 aromatic heterocycles. The maximum Gasteiger partial charge on any atom is 0.274 e. The standard InChI is InChI=1S/C16H18N6O2/c1-11-2-3-15(20-19-11)22-6-7-24-14-10-21(9-13(14)22)16(23)12-8-17-4-5-18-12/h2-5,8,13-14H,6-7,9-10H2,1H3/t13-,14+/m0/s1. The fourth-order valence-electron chi connectivity index (χ4n) is 3.25. The molecule has 124 valence electrons. The minimum absolute atomic E-state index is 0.0255. The van der Waals surface area contributed by atoms with Crippen LogP contribution in [0.3, 0.4) is 0 Å². The Balaban J connectivity index is 1.54. The van der Waals surface area contributed by atoms with Crippen LogP contribution in [-0.4, -0.2) is 69.4 Å². The molecule has 8 heteroatoms. The van der Waals surface area contributed by atoms with Gasteiger partial charge in [-0.25, -0.2) is 4.98 Å². The zero-order valence-electron chi connectivity index (χ0n) is 13.4. The molecule has 0 saturated carbocycles. The number of rotatable bonds is 2. The average Bonchev–Trinajstić information content (AvgIpc) is 3.07. The molecule has 4 heterocycles. The number of nitrogens with zero attached hydrogens (tertiary/aromatic N) is 6. The van der Waals surface area contributed by atoms with E-state index < -0.39 is 0 Å². The second-order valence-corrected chi connectivity index (χ2v) is 6.00. The molecule has 2 atom stereocenters. The van der Waals surface area contributed by atoms with Crippen LogP contribution in [0, 0.1) is 6.92 Å². The summed E-state index contributed by atoms with van der Waals surface area (Å²) in [4.78, 5) is 24.6. The number of morpholine rings is 1. The van der Waals surface area contributed by atoms with Crippen molar-refractivity contribution in [2.75, 3.05) is 31.1 Å². The second kappa shape index (κ2) is 6.12. The lowest BCUT2D eigenvalue weighted by Gasteiger charge is -2.37. The number of carbonyl (C=O) groups is 1. The molecule has 2 aromatic rings. The van der Waals surface area contributed by atoms with Crippen molar-refractivity contribution < 1.29 is 9.53 Å². The van der Waals surface area contributed by atoms with Gasteiger partial charge in [-0.1, -0.05) is 0 Å². The summed E-state index contributed by atoms with van der Waals surface area (Å²) in [5, 5.41) is 8.42. The van der Waals surface area contributed by atoms with Crippen molar-refractivity contribution in [1.82, 2.24) is 25.1 Å². The molecule has 0 radical (unpaired) electrons. The van der Waals surface area contributed by atoms with E-state index in [0.717, 1.165) is 18.1 Å². The van der Waals surface area contributed by atoms with Crippen LogP contribution >= 0.6 is 0 Å². The van der Waals surface area contributed by atoms with Gasteiger partial charge in [-0.3, -0.25) is 9.78 Å². The van der Waals surface area contributed by atoms with E-state index in [1.807, 2.05) is 19.1 Å². The van der Waals surface area contributed by atoms with E-state index in [0.29, 0.717) is 25.4 Å². The third kappa shape index (κ3) is 2.69. The summed E-state index contributed by atoms with van der Waals surface area (Å²) >= 11 is 0. The summed E-state index contributed by atoms with van der Waals surface area (Å²) in [6.07, 6.45) is 4.55. The molecular formula is C16H18N6O2. The Kier molecular flexibility index (Phi) is 3.81. The van der Waals surface area contributed by atoms with E-state index in [1.54, 1.807) is 11.1 Å². The van der Waals surface area contributed by atoms with Crippen LogP contribution < -0.4 is 4.90 Å². The normalized spacial score (nSPS) is 23.2. The van der Waals surface area contributed by atoms with Crippen LogP contribution in [0.2, 0.25) is 0 Å². The Bertz CT molecular complexity index is 723. The van der Waals surface area contributed by atoms with Gasteiger partial charge in [0.05, 0.1) is 30.6 Å². The van der Waals surface area contributed by atoms with Crippen molar-refractivity contribution in [3.8, 4) is 0 Å². The summed E-state index contributed by atoms with van der Waals surface area (Å²) < 4.78 is 5.87. The number of ether oxygens (including phenoxy) is 1. The zero-order chi connectivity index (χ0) is 16.5. The Labute approximate surface area is 139 Å². The van der Waals surface area contributed by atoms with Gasteiger partial charge < -0.3 is 14.5 Å². The van der Waals surface area contributed by atoms with Crippen LogP contribution in [0.4, 0.5) is 5.82 Å². The number of likely N-dealkylation sites (tertiary alicyclic amines) is 1. The Morgan fingerprint density at radius 2 is 2.17 bits per heavy atom. The molecular weight excluding hydrogens is 308 g/mol. The maximum atomic E-state index is 12.6. The van der Waals surface area contributed by atoms with E-state index in [4.69, 9.17) is 4.74 Å². The Morgan fingerprint density at radius 3 is 2.92 bits per heavy atom. The van der Waals surface area contributed by atoms with Crippen molar-refractivity contribution in [2.24, 2.45) is 0 Å². The fourth-order valence-corrected chi connectivity index (χ4v) is 3.25. The predicted molar refractivity (Wildman–Crippen MR) is 85.6 cm³/mol. The van der Waals surface area contributed by atoms with Crippen LogP contribution in [0.25, 0.3) is 0 Å². The molecule has 2 fully saturated rings. The van der Waals surface area contributed by atoms with Crippen molar-refractivity contribution >= 4 is 11.7 Å². The minimum atomic E-state index is -0.115. The van der Waals surface area contributed by atoms with Crippen molar-refractivity contribution in [3.05, 3.63) is 42.1 Å². The SMILES string of the molecule is Cc1ccc(N2CCO[C@@H]3CN(C(=O)c4cnccn4)C[C@@H]32)nn1. The molecule has 2 saturated heterocycles. The van der Waals surface area contributed by atoms with Gasteiger partial charge in [0.1, 0.15) is 5.69 Å². The molecule has 4 rings (SSSR count). The number of carbonyl (C=O) groups excluding carboxylic acids is 1. The number of aryl methyl sites for hydroxylation is 1. The summed E-state index contributed by atoms with van der Waals surface area (Å²) in [7, 11) is 0. The maximum absolute atomic E-state index is 12.6. The van der Waals surface area contributed by atoms with E-state index in [9.17, 15) is 4.79 Å². The summed E-state index contributed by atoms with van der Waals surface area (Å²) in [5.41, 5.74) is 1.24. The average molecular weight is 326 g/mol. The quantitative estimate of drug-likeness (QED) is 0.785. The zero-order valence-corrected chi connectivity index (χ0v) is 13.4. The molecule has 24 heavy (non-hydrogen) atoms. The lowest BCUT2D eigenvalue weighted by Crippen LogP contribution is -2.51. The minimum Gasteiger partial charge on any atom is -0.372 e. The van der Waals surface area contributed by atoms with Crippen molar-refractivity contribution in [1.29, 1.82) is 0 Å². The Hall–Kier alpha value is -2.61. The van der Waals surface area contributed by atoms with Gasteiger partial charge in [0.25, 0.3) is 5.91 Å². The highest BCUT2D eigenvalue weighted by atomic mass is 16.5. The van der Waals surface area contributed by atoms with Crippen molar-refractivity contribution in [3.63, 3.8) is 0 Å². The summed E-state index contributed by atoms with van der Waals surface area (Å²) in [6, 6.07) is 4.00. The highest BCUT2D eigenvalue weighted by Gasteiger charge is 2.42. The van der Waals surface area contributed by atoms with E-state index >= 15 is 0 Å². The molecule has 0 aliphatic carbocycles. The van der Waals surface area contributed by atoms with Crippen LogP contribution in [0.15, 0.2) is 30.7 Å². The van der Waals surface area contributed by atoms with Gasteiger partial charge in [-0.15, -0.1) is 5.10 Å². The monoisotopic (exact) mass is 326 g/mol. The van der Waals surface area contributed by atoms with Crippen LogP contribution in [0.1, 0.15) is 16.2 Å².